The molecule has 4 nitrogen and oxygen atoms in total. The van der Waals surface area contributed by atoms with Crippen molar-refractivity contribution in [1.82, 2.24) is 19.7 Å². The maximum atomic E-state index is 4.55. The molecule has 3 rings (SSSR count). The molecule has 2 aromatic rings. The van der Waals surface area contributed by atoms with Crippen molar-refractivity contribution in [3.05, 3.63) is 30.4 Å². The van der Waals surface area contributed by atoms with E-state index in [1.54, 1.807) is 6.20 Å². The van der Waals surface area contributed by atoms with Crippen molar-refractivity contribution in [3.8, 4) is 0 Å². The smallest absolute Gasteiger partial charge is 0.233 e. The van der Waals surface area contributed by atoms with E-state index in [0.717, 1.165) is 18.0 Å². The normalized spacial score (nSPS) is 22.0. The van der Waals surface area contributed by atoms with E-state index in [-0.39, 0.29) is 0 Å². The van der Waals surface area contributed by atoms with Crippen molar-refractivity contribution < 1.29 is 0 Å². The summed E-state index contributed by atoms with van der Waals surface area (Å²) in [4.78, 5) is 8.75. The number of rotatable bonds is 1. The number of nitrogens with one attached hydrogen (secondary N) is 1. The van der Waals surface area contributed by atoms with Gasteiger partial charge in [0.15, 0.2) is 0 Å². The Morgan fingerprint density at radius 1 is 1.33 bits per heavy atom. The van der Waals surface area contributed by atoms with Gasteiger partial charge in [-0.2, -0.15) is 0 Å². The summed E-state index contributed by atoms with van der Waals surface area (Å²) in [5, 5.41) is 3.49. The number of nitrogens with zero attached hydrogens (tertiary/aromatic N) is 3. The molecule has 78 valence electrons. The lowest BCUT2D eigenvalue weighted by molar-refractivity contribution is 0.405. The fourth-order valence-electron chi connectivity index (χ4n) is 2.12. The molecule has 0 aromatic carbocycles. The second-order valence-electron chi connectivity index (χ2n) is 3.99. The Hall–Kier alpha value is -1.42. The van der Waals surface area contributed by atoms with Crippen LogP contribution in [0.4, 0.5) is 0 Å². The first-order chi connectivity index (χ1) is 7.43. The second-order valence-corrected chi connectivity index (χ2v) is 3.99. The molecular weight excluding hydrogens is 188 g/mol. The van der Waals surface area contributed by atoms with Crippen LogP contribution in [-0.2, 0) is 0 Å². The Balaban J connectivity index is 1.95. The average Bonchev–Trinajstić information content (AvgIpc) is 2.77. The van der Waals surface area contributed by atoms with Gasteiger partial charge in [0.05, 0.1) is 5.69 Å². The highest BCUT2D eigenvalue weighted by Crippen LogP contribution is 2.21. The Morgan fingerprint density at radius 3 is 3.20 bits per heavy atom. The van der Waals surface area contributed by atoms with Gasteiger partial charge in [-0.1, -0.05) is 6.42 Å². The lowest BCUT2D eigenvalue weighted by Gasteiger charge is -2.22. The van der Waals surface area contributed by atoms with Crippen molar-refractivity contribution in [3.63, 3.8) is 0 Å². The van der Waals surface area contributed by atoms with Crippen molar-refractivity contribution in [2.45, 2.75) is 25.3 Å². The fourth-order valence-corrected chi connectivity index (χ4v) is 2.12. The third-order valence-electron chi connectivity index (χ3n) is 2.95. The monoisotopic (exact) mass is 202 g/mol. The molecule has 0 aliphatic carbocycles. The first kappa shape index (κ1) is 8.85. The van der Waals surface area contributed by atoms with Gasteiger partial charge in [-0.05, 0) is 25.5 Å². The number of hydrogen-bond donors (Lipinski definition) is 1. The van der Waals surface area contributed by atoms with Crippen molar-refractivity contribution in [2.24, 2.45) is 0 Å². The Labute approximate surface area is 88.4 Å². The van der Waals surface area contributed by atoms with Crippen LogP contribution in [0.1, 0.15) is 31.0 Å². The van der Waals surface area contributed by atoms with Gasteiger partial charge in [0.25, 0.3) is 0 Å². The van der Waals surface area contributed by atoms with Crippen LogP contribution in [-0.4, -0.2) is 20.9 Å². The highest BCUT2D eigenvalue weighted by atomic mass is 15.1. The summed E-state index contributed by atoms with van der Waals surface area (Å²) in [5.74, 6) is 0.792. The molecule has 1 aliphatic heterocycles. The number of imidazole rings is 1. The van der Waals surface area contributed by atoms with Crippen molar-refractivity contribution >= 4 is 5.78 Å². The predicted octanol–water partition coefficient (Wildman–Crippen LogP) is 1.54. The molecule has 1 saturated heterocycles. The van der Waals surface area contributed by atoms with Crippen LogP contribution in [0, 0.1) is 0 Å². The van der Waals surface area contributed by atoms with Crippen LogP contribution in [0.15, 0.2) is 24.7 Å². The molecule has 1 N–H and O–H groups in total. The molecular formula is C11H14N4. The first-order valence-electron chi connectivity index (χ1n) is 5.46. The van der Waals surface area contributed by atoms with Crippen molar-refractivity contribution in [1.29, 1.82) is 0 Å². The molecule has 1 aliphatic rings. The van der Waals surface area contributed by atoms with E-state index in [1.165, 1.54) is 19.3 Å². The van der Waals surface area contributed by atoms with Gasteiger partial charge in [-0.25, -0.2) is 9.97 Å². The SMILES string of the molecule is c1cn2ccc(C3CCCCN3)nc2n1. The quantitative estimate of drug-likeness (QED) is 0.762. The number of aromatic nitrogens is 3. The lowest BCUT2D eigenvalue weighted by Crippen LogP contribution is -2.27. The standard InChI is InChI=1S/C11H14N4/c1-2-5-12-9(3-1)10-4-7-15-8-6-13-11(15)14-10/h4,6-9,12H,1-3,5H2. The summed E-state index contributed by atoms with van der Waals surface area (Å²) < 4.78 is 1.94. The van der Waals surface area contributed by atoms with Crippen LogP contribution in [0.25, 0.3) is 5.78 Å². The molecule has 0 radical (unpaired) electrons. The highest BCUT2D eigenvalue weighted by Gasteiger charge is 2.16. The lowest BCUT2D eigenvalue weighted by atomic mass is 10.0. The third-order valence-corrected chi connectivity index (χ3v) is 2.95. The number of fused-ring (bicyclic) bond motifs is 1. The van der Waals surface area contributed by atoms with Crippen LogP contribution < -0.4 is 5.32 Å². The van der Waals surface area contributed by atoms with E-state index in [4.69, 9.17) is 0 Å². The molecule has 15 heavy (non-hydrogen) atoms. The van der Waals surface area contributed by atoms with Gasteiger partial charge in [0.2, 0.25) is 5.78 Å². The van der Waals surface area contributed by atoms with E-state index >= 15 is 0 Å². The maximum absolute atomic E-state index is 4.55. The molecule has 2 aromatic heterocycles. The molecule has 0 saturated carbocycles. The van der Waals surface area contributed by atoms with Gasteiger partial charge in [0.1, 0.15) is 0 Å². The Kier molecular flexibility index (Phi) is 2.14. The molecule has 1 atom stereocenters. The molecule has 3 heterocycles. The summed E-state index contributed by atoms with van der Waals surface area (Å²) in [5.41, 5.74) is 1.12. The first-order valence-corrected chi connectivity index (χ1v) is 5.46. The Bertz CT molecular complexity index is 456. The Morgan fingerprint density at radius 2 is 2.33 bits per heavy atom. The minimum absolute atomic E-state index is 0.417. The van der Waals surface area contributed by atoms with Gasteiger partial charge in [-0.15, -0.1) is 0 Å². The number of hydrogen-bond acceptors (Lipinski definition) is 3. The largest absolute Gasteiger partial charge is 0.309 e. The van der Waals surface area contributed by atoms with E-state index in [0.29, 0.717) is 6.04 Å². The van der Waals surface area contributed by atoms with E-state index < -0.39 is 0 Å². The topological polar surface area (TPSA) is 42.2 Å². The third kappa shape index (κ3) is 1.61. The number of piperidine rings is 1. The second kappa shape index (κ2) is 3.62. The zero-order chi connectivity index (χ0) is 10.1. The average molecular weight is 202 g/mol. The van der Waals surface area contributed by atoms with Crippen LogP contribution in [0.5, 0.6) is 0 Å². The van der Waals surface area contributed by atoms with Gasteiger partial charge in [-0.3, -0.25) is 4.40 Å². The molecule has 4 heteroatoms. The minimum Gasteiger partial charge on any atom is -0.309 e. The van der Waals surface area contributed by atoms with Crippen molar-refractivity contribution in [2.75, 3.05) is 6.54 Å². The van der Waals surface area contributed by atoms with Crippen LogP contribution in [0.2, 0.25) is 0 Å². The summed E-state index contributed by atoms with van der Waals surface area (Å²) in [7, 11) is 0. The molecule has 0 bridgehead atoms. The van der Waals surface area contributed by atoms with Crippen LogP contribution in [0.3, 0.4) is 0 Å². The predicted molar refractivity (Wildman–Crippen MR) is 57.6 cm³/mol. The van der Waals surface area contributed by atoms with E-state index in [9.17, 15) is 0 Å². The molecule has 1 fully saturated rings. The summed E-state index contributed by atoms with van der Waals surface area (Å²) in [6.45, 7) is 1.10. The molecule has 0 spiro atoms. The summed E-state index contributed by atoms with van der Waals surface area (Å²) in [6.07, 6.45) is 9.48. The summed E-state index contributed by atoms with van der Waals surface area (Å²) in [6, 6.07) is 2.50. The van der Waals surface area contributed by atoms with Gasteiger partial charge < -0.3 is 5.32 Å². The fraction of sp³-hybridized carbons (Fsp3) is 0.455. The molecule has 0 amide bonds. The minimum atomic E-state index is 0.417. The van der Waals surface area contributed by atoms with Gasteiger partial charge >= 0.3 is 0 Å². The van der Waals surface area contributed by atoms with E-state index in [1.807, 2.05) is 16.8 Å². The van der Waals surface area contributed by atoms with E-state index in [2.05, 4.69) is 21.4 Å². The van der Waals surface area contributed by atoms with Crippen LogP contribution >= 0.6 is 0 Å². The maximum Gasteiger partial charge on any atom is 0.233 e. The van der Waals surface area contributed by atoms with Gasteiger partial charge in [0, 0.05) is 24.6 Å². The zero-order valence-corrected chi connectivity index (χ0v) is 8.56. The summed E-state index contributed by atoms with van der Waals surface area (Å²) >= 11 is 0. The zero-order valence-electron chi connectivity index (χ0n) is 8.56. The molecule has 1 unspecified atom stereocenters. The highest BCUT2D eigenvalue weighted by molar-refractivity contribution is 5.29.